The smallest absolute Gasteiger partial charge is 0.125 e. The van der Waals surface area contributed by atoms with Crippen LogP contribution in [0.2, 0.25) is 0 Å². The van der Waals surface area contributed by atoms with E-state index in [1.54, 1.807) is 0 Å². The predicted octanol–water partition coefficient (Wildman–Crippen LogP) is 7.68. The lowest BCUT2D eigenvalue weighted by Gasteiger charge is -2.12. The molecule has 184 valence electrons. The standard InChI is InChI=1S/2C14H14BrN3/c2*1-8-3-2-4-11(16-8)13-12(15)14-9-5-6-10(7-9)18(14)17-13/h2*2-4,9-10H,5-7H2,1H3/t2*9-,10+/m00/s1. The van der Waals surface area contributed by atoms with Crippen LogP contribution in [-0.4, -0.2) is 29.5 Å². The summed E-state index contributed by atoms with van der Waals surface area (Å²) in [5.41, 5.74) is 8.82. The Kier molecular flexibility index (Phi) is 5.47. The van der Waals surface area contributed by atoms with E-state index in [-0.39, 0.29) is 0 Å². The highest BCUT2D eigenvalue weighted by atomic mass is 79.9. The maximum Gasteiger partial charge on any atom is 0.125 e. The highest BCUT2D eigenvalue weighted by molar-refractivity contribution is 9.11. The summed E-state index contributed by atoms with van der Waals surface area (Å²) in [6.45, 7) is 4.04. The van der Waals surface area contributed by atoms with Crippen LogP contribution in [0.15, 0.2) is 45.3 Å². The quantitative estimate of drug-likeness (QED) is 0.234. The Bertz CT molecular complexity index is 1380. The number of hydrogen-bond acceptors (Lipinski definition) is 4. The van der Waals surface area contributed by atoms with Crippen LogP contribution in [0.25, 0.3) is 22.8 Å². The number of nitrogens with zero attached hydrogens (tertiary/aromatic N) is 6. The van der Waals surface area contributed by atoms with Gasteiger partial charge < -0.3 is 0 Å². The van der Waals surface area contributed by atoms with Crippen LogP contribution >= 0.6 is 31.9 Å². The molecule has 6 nitrogen and oxygen atoms in total. The Morgan fingerprint density at radius 2 is 1.11 bits per heavy atom. The van der Waals surface area contributed by atoms with Crippen LogP contribution in [0.1, 0.15) is 85.2 Å². The molecule has 6 heterocycles. The van der Waals surface area contributed by atoms with Crippen molar-refractivity contribution in [2.24, 2.45) is 0 Å². The monoisotopic (exact) mass is 606 g/mol. The lowest BCUT2D eigenvalue weighted by atomic mass is 10.0. The number of rotatable bonds is 2. The molecule has 4 aliphatic rings. The van der Waals surface area contributed by atoms with Crippen molar-refractivity contribution in [1.82, 2.24) is 29.5 Å². The number of aromatic nitrogens is 6. The second-order valence-electron chi connectivity index (χ2n) is 10.6. The molecule has 8 rings (SSSR count). The number of fused-ring (bicyclic) bond motifs is 10. The van der Waals surface area contributed by atoms with Crippen molar-refractivity contribution >= 4 is 31.9 Å². The van der Waals surface area contributed by atoms with E-state index in [2.05, 4.69) is 51.2 Å². The first kappa shape index (κ1) is 22.8. The van der Waals surface area contributed by atoms with Gasteiger partial charge in [-0.25, -0.2) is 0 Å². The van der Waals surface area contributed by atoms with Crippen molar-refractivity contribution in [2.75, 3.05) is 0 Å². The van der Waals surface area contributed by atoms with Crippen molar-refractivity contribution in [3.8, 4) is 22.8 Å². The molecule has 0 spiro atoms. The molecule has 36 heavy (non-hydrogen) atoms. The first-order chi connectivity index (χ1) is 17.5. The average molecular weight is 608 g/mol. The van der Waals surface area contributed by atoms with Gasteiger partial charge in [0.2, 0.25) is 0 Å². The first-order valence-electron chi connectivity index (χ1n) is 12.9. The molecule has 2 aliphatic heterocycles. The molecule has 8 heteroatoms. The zero-order valence-corrected chi connectivity index (χ0v) is 23.6. The number of halogens is 2. The summed E-state index contributed by atoms with van der Waals surface area (Å²) in [4.78, 5) is 9.16. The molecule has 0 unspecified atom stereocenters. The highest BCUT2D eigenvalue weighted by Gasteiger charge is 2.42. The Labute approximate surface area is 227 Å². The zero-order valence-electron chi connectivity index (χ0n) is 20.5. The largest absolute Gasteiger partial charge is 0.264 e. The minimum absolute atomic E-state index is 0.625. The van der Waals surface area contributed by atoms with Gasteiger partial charge in [-0.1, -0.05) is 12.1 Å². The summed E-state index contributed by atoms with van der Waals surface area (Å²) in [6.07, 6.45) is 7.76. The fourth-order valence-electron chi connectivity index (χ4n) is 6.68. The van der Waals surface area contributed by atoms with Crippen LogP contribution in [0.4, 0.5) is 0 Å². The van der Waals surface area contributed by atoms with Gasteiger partial charge in [-0.2, -0.15) is 10.2 Å². The van der Waals surface area contributed by atoms with E-state index in [0.717, 1.165) is 43.1 Å². The molecule has 0 N–H and O–H groups in total. The Morgan fingerprint density at radius 1 is 0.667 bits per heavy atom. The molecule has 0 radical (unpaired) electrons. The third kappa shape index (κ3) is 3.55. The van der Waals surface area contributed by atoms with E-state index in [0.29, 0.717) is 23.9 Å². The number of aryl methyl sites for hydroxylation is 2. The normalized spacial score (nSPS) is 24.6. The summed E-state index contributed by atoms with van der Waals surface area (Å²) in [5, 5.41) is 9.58. The van der Waals surface area contributed by atoms with Gasteiger partial charge in [0, 0.05) is 23.2 Å². The lowest BCUT2D eigenvalue weighted by molar-refractivity contribution is 0.477. The maximum absolute atomic E-state index is 4.79. The molecule has 2 saturated carbocycles. The second-order valence-corrected chi connectivity index (χ2v) is 12.2. The molecule has 4 aromatic rings. The van der Waals surface area contributed by atoms with E-state index < -0.39 is 0 Å². The van der Waals surface area contributed by atoms with Gasteiger partial charge in [-0.05, 0) is 108 Å². The number of pyridine rings is 2. The van der Waals surface area contributed by atoms with Crippen molar-refractivity contribution in [3.05, 3.63) is 68.1 Å². The summed E-state index contributed by atoms with van der Waals surface area (Å²) < 4.78 is 6.79. The molecule has 4 bridgehead atoms. The Balaban J connectivity index is 0.000000122. The summed E-state index contributed by atoms with van der Waals surface area (Å²) >= 11 is 7.48. The molecule has 2 aliphatic carbocycles. The topological polar surface area (TPSA) is 61.4 Å². The highest BCUT2D eigenvalue weighted by Crippen LogP contribution is 2.53. The summed E-state index contributed by atoms with van der Waals surface area (Å²) in [5.74, 6) is 1.41. The Morgan fingerprint density at radius 3 is 1.50 bits per heavy atom. The molecule has 0 aromatic carbocycles. The first-order valence-corrected chi connectivity index (χ1v) is 14.5. The van der Waals surface area contributed by atoms with Crippen LogP contribution in [0.5, 0.6) is 0 Å². The van der Waals surface area contributed by atoms with Crippen molar-refractivity contribution in [3.63, 3.8) is 0 Å². The van der Waals surface area contributed by atoms with Crippen molar-refractivity contribution in [2.45, 2.75) is 76.3 Å². The van der Waals surface area contributed by atoms with Gasteiger partial charge in [0.15, 0.2) is 0 Å². The fourth-order valence-corrected chi connectivity index (χ4v) is 8.25. The molecule has 0 amide bonds. The van der Waals surface area contributed by atoms with E-state index in [1.165, 1.54) is 49.9 Å². The van der Waals surface area contributed by atoms with Crippen molar-refractivity contribution < 1.29 is 0 Å². The van der Waals surface area contributed by atoms with Crippen LogP contribution < -0.4 is 0 Å². The van der Waals surface area contributed by atoms with Gasteiger partial charge in [0.25, 0.3) is 0 Å². The van der Waals surface area contributed by atoms with Gasteiger partial charge in [0.05, 0.1) is 43.8 Å². The molecule has 2 fully saturated rings. The van der Waals surface area contributed by atoms with Gasteiger partial charge in [-0.15, -0.1) is 0 Å². The molecule has 4 atom stereocenters. The van der Waals surface area contributed by atoms with Crippen molar-refractivity contribution in [1.29, 1.82) is 0 Å². The van der Waals surface area contributed by atoms with E-state index in [9.17, 15) is 0 Å². The molecule has 4 aromatic heterocycles. The van der Waals surface area contributed by atoms with Crippen LogP contribution in [0, 0.1) is 13.8 Å². The molecular weight excluding hydrogens is 580 g/mol. The molecular formula is C28H28Br2N6. The summed E-state index contributed by atoms with van der Waals surface area (Å²) in [6, 6.07) is 13.5. The maximum atomic E-state index is 4.79. The lowest BCUT2D eigenvalue weighted by Crippen LogP contribution is -2.07. The Hall–Kier alpha value is -2.32. The van der Waals surface area contributed by atoms with E-state index in [1.807, 2.05) is 50.2 Å². The molecule has 0 saturated heterocycles. The minimum Gasteiger partial charge on any atom is -0.264 e. The minimum atomic E-state index is 0.625. The second kappa shape index (κ2) is 8.62. The van der Waals surface area contributed by atoms with Crippen LogP contribution in [0.3, 0.4) is 0 Å². The third-order valence-corrected chi connectivity index (χ3v) is 9.88. The van der Waals surface area contributed by atoms with Crippen LogP contribution in [-0.2, 0) is 0 Å². The fraction of sp³-hybridized carbons (Fsp3) is 0.429. The van der Waals surface area contributed by atoms with E-state index in [4.69, 9.17) is 10.2 Å². The average Bonchev–Trinajstić information content (AvgIpc) is 3.69. The zero-order chi connectivity index (χ0) is 24.6. The van der Waals surface area contributed by atoms with Gasteiger partial charge in [-0.3, -0.25) is 19.3 Å². The van der Waals surface area contributed by atoms with E-state index >= 15 is 0 Å². The van der Waals surface area contributed by atoms with Gasteiger partial charge in [0.1, 0.15) is 11.4 Å². The SMILES string of the molecule is Cc1cccc(-c2nn3c(c2Br)[C@H]2CC[C@@H]3C2)n1.Cc1cccc(-c2nn3c(c2Br)[C@H]2CC[C@@H]3C2)n1. The van der Waals surface area contributed by atoms with Gasteiger partial charge >= 0.3 is 0 Å². The third-order valence-electron chi connectivity index (χ3n) is 8.31. The summed E-state index contributed by atoms with van der Waals surface area (Å²) in [7, 11) is 0. The number of hydrogen-bond donors (Lipinski definition) is 0. The predicted molar refractivity (Wildman–Crippen MR) is 147 cm³/mol.